The first-order valence-electron chi connectivity index (χ1n) is 13.1. The average molecular weight is 487 g/mol. The number of esters is 2. The molecule has 0 aromatic carbocycles. The Hall–Kier alpha value is -2.15. The van der Waals surface area contributed by atoms with Crippen molar-refractivity contribution in [2.75, 3.05) is 0 Å². The molecule has 0 bridgehead atoms. The first-order valence-corrected chi connectivity index (χ1v) is 13.1. The van der Waals surface area contributed by atoms with Gasteiger partial charge in [-0.05, 0) is 86.2 Å². The molecule has 1 heterocycles. The normalized spacial score (nSPS) is 44.5. The predicted octanol–water partition coefficient (Wildman–Crippen LogP) is 4.35. The Bertz CT molecular complexity index is 1040. The zero-order valence-corrected chi connectivity index (χ0v) is 21.2. The summed E-state index contributed by atoms with van der Waals surface area (Å²) >= 11 is 0. The van der Waals surface area contributed by atoms with Crippen LogP contribution < -0.4 is 5.63 Å². The molecule has 4 aliphatic carbocycles. The van der Waals surface area contributed by atoms with E-state index in [2.05, 4.69) is 13.8 Å². The highest BCUT2D eigenvalue weighted by Gasteiger charge is 2.70. The molecule has 0 amide bonds. The van der Waals surface area contributed by atoms with E-state index in [1.165, 1.54) is 26.2 Å². The topological polar surface area (TPSA) is 103 Å². The van der Waals surface area contributed by atoms with Gasteiger partial charge >= 0.3 is 17.6 Å². The minimum Gasteiger partial charge on any atom is -0.463 e. The van der Waals surface area contributed by atoms with Crippen molar-refractivity contribution in [2.45, 2.75) is 103 Å². The highest BCUT2D eigenvalue weighted by Crippen LogP contribution is 2.71. The van der Waals surface area contributed by atoms with Crippen LogP contribution in [0.1, 0.15) is 90.5 Å². The van der Waals surface area contributed by atoms with Gasteiger partial charge in [0.05, 0.1) is 11.9 Å². The van der Waals surface area contributed by atoms with Crippen LogP contribution in [0.15, 0.2) is 27.6 Å². The van der Waals surface area contributed by atoms with Gasteiger partial charge in [0, 0.05) is 31.2 Å². The van der Waals surface area contributed by atoms with Crippen LogP contribution >= 0.6 is 0 Å². The lowest BCUT2D eigenvalue weighted by Crippen LogP contribution is -2.66. The number of carbonyl (C=O) groups is 2. The first-order chi connectivity index (χ1) is 16.5. The van der Waals surface area contributed by atoms with Crippen LogP contribution in [-0.4, -0.2) is 34.9 Å². The van der Waals surface area contributed by atoms with Crippen LogP contribution in [0.3, 0.4) is 0 Å². The molecule has 0 saturated heterocycles. The van der Waals surface area contributed by atoms with Crippen LogP contribution in [0.4, 0.5) is 0 Å². The van der Waals surface area contributed by atoms with Gasteiger partial charge in [0.25, 0.3) is 0 Å². The molecule has 4 aliphatic rings. The Kier molecular flexibility index (Phi) is 5.93. The lowest BCUT2D eigenvalue weighted by Gasteiger charge is -2.65. The maximum atomic E-state index is 12.5. The van der Waals surface area contributed by atoms with Gasteiger partial charge in [0.15, 0.2) is 0 Å². The average Bonchev–Trinajstić information content (AvgIpc) is 3.05. The van der Waals surface area contributed by atoms with Crippen molar-refractivity contribution < 1.29 is 28.6 Å². The smallest absolute Gasteiger partial charge is 0.335 e. The Morgan fingerprint density at radius 1 is 1.03 bits per heavy atom. The van der Waals surface area contributed by atoms with E-state index in [-0.39, 0.29) is 52.9 Å². The minimum atomic E-state index is -0.893. The molecule has 7 nitrogen and oxygen atoms in total. The third kappa shape index (κ3) is 3.76. The Morgan fingerprint density at radius 2 is 1.77 bits per heavy atom. The third-order valence-electron chi connectivity index (χ3n) is 10.5. The molecule has 7 heteroatoms. The second kappa shape index (κ2) is 8.46. The van der Waals surface area contributed by atoms with E-state index < -0.39 is 11.0 Å². The van der Waals surface area contributed by atoms with E-state index in [4.69, 9.17) is 13.9 Å². The quantitative estimate of drug-likeness (QED) is 0.634. The van der Waals surface area contributed by atoms with Gasteiger partial charge in [0.1, 0.15) is 12.2 Å². The number of hydrogen-bond donors (Lipinski definition) is 1. The van der Waals surface area contributed by atoms with Crippen LogP contribution in [0, 0.1) is 28.6 Å². The van der Waals surface area contributed by atoms with Gasteiger partial charge in [-0.2, -0.15) is 0 Å². The molecule has 35 heavy (non-hydrogen) atoms. The van der Waals surface area contributed by atoms with Crippen molar-refractivity contribution in [3.05, 3.63) is 34.4 Å². The van der Waals surface area contributed by atoms with E-state index in [9.17, 15) is 19.5 Å². The number of hydrogen-bond acceptors (Lipinski definition) is 7. The first kappa shape index (κ1) is 24.5. The highest BCUT2D eigenvalue weighted by molar-refractivity contribution is 5.66. The van der Waals surface area contributed by atoms with E-state index in [1.54, 1.807) is 0 Å². The Balaban J connectivity index is 1.52. The molecule has 9 atom stereocenters. The van der Waals surface area contributed by atoms with Crippen LogP contribution in [0.5, 0.6) is 0 Å². The van der Waals surface area contributed by atoms with Gasteiger partial charge in [0.2, 0.25) is 0 Å². The maximum absolute atomic E-state index is 12.5. The predicted molar refractivity (Wildman–Crippen MR) is 127 cm³/mol. The molecular weight excluding hydrogens is 448 g/mol. The van der Waals surface area contributed by atoms with Crippen LogP contribution in [-0.2, 0) is 19.1 Å². The van der Waals surface area contributed by atoms with E-state index in [0.717, 1.165) is 44.1 Å². The minimum absolute atomic E-state index is 0.0119. The van der Waals surface area contributed by atoms with Gasteiger partial charge in [-0.3, -0.25) is 9.59 Å². The van der Waals surface area contributed by atoms with Gasteiger partial charge in [-0.1, -0.05) is 13.8 Å². The number of ether oxygens (including phenoxy) is 2. The van der Waals surface area contributed by atoms with E-state index in [1.807, 2.05) is 6.07 Å². The molecule has 4 saturated carbocycles. The zero-order valence-electron chi connectivity index (χ0n) is 21.2. The molecule has 0 unspecified atom stereocenters. The SMILES string of the molecule is CC(=O)O[C@@H]1CC[C@]2(C)[C@H](CC[C@@H]3[C@H]2[C@H](OC(C)=O)C[C@@]2(C)[C@@H](c4ccc(=O)oc4)CC[C@]32O)C1. The summed E-state index contributed by atoms with van der Waals surface area (Å²) in [6, 6.07) is 3.26. The molecule has 1 N–H and O–H groups in total. The lowest BCUT2D eigenvalue weighted by molar-refractivity contribution is -0.246. The summed E-state index contributed by atoms with van der Waals surface area (Å²) < 4.78 is 16.9. The molecular formula is C28H38O7. The van der Waals surface area contributed by atoms with E-state index in [0.29, 0.717) is 18.8 Å². The Labute approximate surface area is 206 Å². The number of rotatable bonds is 3. The second-order valence-corrected chi connectivity index (χ2v) is 12.1. The van der Waals surface area contributed by atoms with Crippen molar-refractivity contribution in [1.29, 1.82) is 0 Å². The summed E-state index contributed by atoms with van der Waals surface area (Å²) in [5, 5.41) is 12.5. The molecule has 0 spiro atoms. The maximum Gasteiger partial charge on any atom is 0.335 e. The monoisotopic (exact) mass is 486 g/mol. The summed E-state index contributed by atoms with van der Waals surface area (Å²) in [7, 11) is 0. The molecule has 0 aliphatic heterocycles. The fourth-order valence-corrected chi connectivity index (χ4v) is 9.02. The Morgan fingerprint density at radius 3 is 2.43 bits per heavy atom. The summed E-state index contributed by atoms with van der Waals surface area (Å²) in [5.74, 6) is -0.0923. The summed E-state index contributed by atoms with van der Waals surface area (Å²) in [4.78, 5) is 35.5. The summed E-state index contributed by atoms with van der Waals surface area (Å²) in [5.41, 5.74) is -0.967. The summed E-state index contributed by atoms with van der Waals surface area (Å²) in [6.07, 6.45) is 7.56. The fraction of sp³-hybridized carbons (Fsp3) is 0.750. The fourth-order valence-electron chi connectivity index (χ4n) is 9.02. The van der Waals surface area contributed by atoms with Gasteiger partial charge in [-0.25, -0.2) is 4.79 Å². The third-order valence-corrected chi connectivity index (χ3v) is 10.5. The summed E-state index contributed by atoms with van der Waals surface area (Å²) in [6.45, 7) is 7.37. The highest BCUT2D eigenvalue weighted by atomic mass is 16.5. The largest absolute Gasteiger partial charge is 0.463 e. The van der Waals surface area contributed by atoms with Crippen LogP contribution in [0.25, 0.3) is 0 Å². The van der Waals surface area contributed by atoms with Crippen molar-refractivity contribution in [1.82, 2.24) is 0 Å². The van der Waals surface area contributed by atoms with Crippen LogP contribution in [0.2, 0.25) is 0 Å². The van der Waals surface area contributed by atoms with Crippen molar-refractivity contribution in [3.8, 4) is 0 Å². The van der Waals surface area contributed by atoms with E-state index >= 15 is 0 Å². The standard InChI is InChI=1S/C28H38O7/c1-16(29)34-20-9-11-26(3)19(13-20)6-7-22-25(26)23(35-17(2)30)14-27(4)21(10-12-28(22,27)32)18-5-8-24(31)33-15-18/h5,8,15,19-23,25,32H,6-7,9-14H2,1-4H3/t19-,20-,21-,22-,23-,25+,26-,27+,28+/m1/s1. The number of carbonyl (C=O) groups excluding carboxylic acids is 2. The second-order valence-electron chi connectivity index (χ2n) is 12.1. The molecule has 192 valence electrons. The molecule has 0 radical (unpaired) electrons. The zero-order chi connectivity index (χ0) is 25.2. The number of aliphatic hydroxyl groups is 1. The molecule has 1 aromatic heterocycles. The van der Waals surface area contributed by atoms with Gasteiger partial charge < -0.3 is 19.0 Å². The van der Waals surface area contributed by atoms with Gasteiger partial charge in [-0.15, -0.1) is 0 Å². The van der Waals surface area contributed by atoms with Crippen molar-refractivity contribution in [2.24, 2.45) is 28.6 Å². The van der Waals surface area contributed by atoms with Crippen molar-refractivity contribution >= 4 is 11.9 Å². The molecule has 1 aromatic rings. The molecule has 5 rings (SSSR count). The van der Waals surface area contributed by atoms with Crippen molar-refractivity contribution in [3.63, 3.8) is 0 Å². The molecule has 4 fully saturated rings. The number of fused-ring (bicyclic) bond motifs is 5. The lowest BCUT2D eigenvalue weighted by atomic mass is 9.42.